The highest BCUT2D eigenvalue weighted by Gasteiger charge is 2.41. The maximum absolute atomic E-state index is 12.4. The Bertz CT molecular complexity index is 567. The number of rotatable bonds is 4. The van der Waals surface area contributed by atoms with E-state index in [1.54, 1.807) is 0 Å². The molecule has 2 amide bonds. The van der Waals surface area contributed by atoms with Crippen LogP contribution in [-0.2, 0) is 16.1 Å². The molecule has 2 heterocycles. The third-order valence-electron chi connectivity index (χ3n) is 4.95. The van der Waals surface area contributed by atoms with E-state index in [1.165, 1.54) is 5.56 Å². The lowest BCUT2D eigenvalue weighted by Crippen LogP contribution is -2.49. The van der Waals surface area contributed by atoms with Gasteiger partial charge in [0.05, 0.1) is 5.41 Å². The van der Waals surface area contributed by atoms with Crippen LogP contribution >= 0.6 is 0 Å². The average molecular weight is 315 g/mol. The number of benzene rings is 1. The first-order valence-electron chi connectivity index (χ1n) is 8.39. The molecule has 23 heavy (non-hydrogen) atoms. The molecule has 0 aromatic heterocycles. The molecule has 5 nitrogen and oxygen atoms in total. The molecule has 2 fully saturated rings. The summed E-state index contributed by atoms with van der Waals surface area (Å²) in [6.07, 6.45) is 2.23. The Kier molecular flexibility index (Phi) is 4.66. The van der Waals surface area contributed by atoms with Gasteiger partial charge in [0, 0.05) is 38.6 Å². The summed E-state index contributed by atoms with van der Waals surface area (Å²) in [5, 5.41) is 5.90. The number of nitrogens with one attached hydrogen (secondary N) is 2. The Labute approximate surface area is 137 Å². The van der Waals surface area contributed by atoms with Crippen molar-refractivity contribution in [3.63, 3.8) is 0 Å². The minimum absolute atomic E-state index is 0.0114. The molecule has 2 saturated heterocycles. The largest absolute Gasteiger partial charge is 0.355 e. The molecule has 1 aromatic rings. The topological polar surface area (TPSA) is 61.4 Å². The van der Waals surface area contributed by atoms with Crippen molar-refractivity contribution in [2.24, 2.45) is 5.41 Å². The molecule has 1 unspecified atom stereocenters. The van der Waals surface area contributed by atoms with E-state index in [9.17, 15) is 9.59 Å². The lowest BCUT2D eigenvalue weighted by molar-refractivity contribution is -0.132. The van der Waals surface area contributed by atoms with Crippen molar-refractivity contribution in [1.82, 2.24) is 15.5 Å². The Balaban J connectivity index is 1.46. The van der Waals surface area contributed by atoms with E-state index in [4.69, 9.17) is 0 Å². The van der Waals surface area contributed by atoms with Gasteiger partial charge in [0.1, 0.15) is 0 Å². The molecular formula is C18H25N3O2. The van der Waals surface area contributed by atoms with Crippen LogP contribution in [0.15, 0.2) is 30.3 Å². The van der Waals surface area contributed by atoms with E-state index in [-0.39, 0.29) is 17.9 Å². The zero-order valence-corrected chi connectivity index (χ0v) is 13.7. The fourth-order valence-electron chi connectivity index (χ4n) is 3.37. The molecule has 0 aliphatic carbocycles. The van der Waals surface area contributed by atoms with Gasteiger partial charge in [-0.25, -0.2) is 0 Å². The standard InChI is InChI=1S/C18H25N3O2/c1-18(11-16(22)19-13-18)17(23)20-15-7-9-21(10-8-15)12-14-5-3-2-4-6-14/h2-6,15H,7-13H2,1H3,(H,19,22)(H,20,23). The van der Waals surface area contributed by atoms with Crippen molar-refractivity contribution >= 4 is 11.8 Å². The smallest absolute Gasteiger partial charge is 0.228 e. The average Bonchev–Trinajstić information content (AvgIpc) is 2.91. The van der Waals surface area contributed by atoms with Crippen molar-refractivity contribution in [3.05, 3.63) is 35.9 Å². The Morgan fingerprint density at radius 3 is 2.61 bits per heavy atom. The highest BCUT2D eigenvalue weighted by Crippen LogP contribution is 2.26. The lowest BCUT2D eigenvalue weighted by atomic mass is 9.88. The number of carbonyl (C=O) groups is 2. The number of hydrogen-bond acceptors (Lipinski definition) is 3. The monoisotopic (exact) mass is 315 g/mol. The van der Waals surface area contributed by atoms with E-state index in [0.29, 0.717) is 13.0 Å². The molecule has 0 saturated carbocycles. The number of nitrogens with zero attached hydrogens (tertiary/aromatic N) is 1. The van der Waals surface area contributed by atoms with Crippen LogP contribution in [0.4, 0.5) is 0 Å². The molecule has 3 rings (SSSR count). The predicted molar refractivity (Wildman–Crippen MR) is 88.6 cm³/mol. The zero-order chi connectivity index (χ0) is 16.3. The van der Waals surface area contributed by atoms with Crippen LogP contribution in [0, 0.1) is 5.41 Å². The summed E-state index contributed by atoms with van der Waals surface area (Å²) >= 11 is 0. The second-order valence-electron chi connectivity index (χ2n) is 7.02. The van der Waals surface area contributed by atoms with E-state index >= 15 is 0 Å². The Morgan fingerprint density at radius 2 is 2.00 bits per heavy atom. The summed E-state index contributed by atoms with van der Waals surface area (Å²) in [4.78, 5) is 26.2. The van der Waals surface area contributed by atoms with Crippen LogP contribution in [0.3, 0.4) is 0 Å². The molecule has 124 valence electrons. The predicted octanol–water partition coefficient (Wildman–Crippen LogP) is 1.29. The summed E-state index contributed by atoms with van der Waals surface area (Å²) in [6.45, 7) is 5.27. The van der Waals surface area contributed by atoms with Crippen LogP contribution in [0.5, 0.6) is 0 Å². The van der Waals surface area contributed by atoms with Gasteiger partial charge in [0.25, 0.3) is 0 Å². The third kappa shape index (κ3) is 3.91. The van der Waals surface area contributed by atoms with Gasteiger partial charge in [-0.3, -0.25) is 14.5 Å². The number of piperidine rings is 1. The van der Waals surface area contributed by atoms with Gasteiger partial charge in [0.2, 0.25) is 11.8 Å². The van der Waals surface area contributed by atoms with Gasteiger partial charge in [-0.15, -0.1) is 0 Å². The highest BCUT2D eigenvalue weighted by molar-refractivity contribution is 5.92. The van der Waals surface area contributed by atoms with Crippen LogP contribution < -0.4 is 10.6 Å². The summed E-state index contributed by atoms with van der Waals surface area (Å²) in [6, 6.07) is 10.7. The molecule has 0 radical (unpaired) electrons. The first-order chi connectivity index (χ1) is 11.0. The Hall–Kier alpha value is -1.88. The molecule has 2 aliphatic rings. The van der Waals surface area contributed by atoms with Gasteiger partial charge in [-0.2, -0.15) is 0 Å². The normalized spacial score (nSPS) is 26.0. The van der Waals surface area contributed by atoms with E-state index in [0.717, 1.165) is 32.5 Å². The molecule has 1 aromatic carbocycles. The molecule has 0 spiro atoms. The van der Waals surface area contributed by atoms with Crippen molar-refractivity contribution < 1.29 is 9.59 Å². The van der Waals surface area contributed by atoms with Crippen LogP contribution in [0.1, 0.15) is 31.7 Å². The second kappa shape index (κ2) is 6.71. The highest BCUT2D eigenvalue weighted by atomic mass is 16.2. The minimum atomic E-state index is -0.585. The van der Waals surface area contributed by atoms with E-state index < -0.39 is 5.41 Å². The number of likely N-dealkylation sites (tertiary alicyclic amines) is 1. The third-order valence-corrected chi connectivity index (χ3v) is 4.95. The summed E-state index contributed by atoms with van der Waals surface area (Å²) < 4.78 is 0. The fourth-order valence-corrected chi connectivity index (χ4v) is 3.37. The molecule has 2 aliphatic heterocycles. The SMILES string of the molecule is CC1(C(=O)NC2CCN(Cc3ccccc3)CC2)CNC(=O)C1. The summed E-state index contributed by atoms with van der Waals surface area (Å²) in [5.41, 5.74) is 0.746. The molecule has 0 bridgehead atoms. The van der Waals surface area contributed by atoms with Crippen LogP contribution in [-0.4, -0.2) is 42.4 Å². The van der Waals surface area contributed by atoms with Crippen molar-refractivity contribution in [3.8, 4) is 0 Å². The molecule has 5 heteroatoms. The number of hydrogen-bond donors (Lipinski definition) is 2. The van der Waals surface area contributed by atoms with Crippen LogP contribution in [0.2, 0.25) is 0 Å². The van der Waals surface area contributed by atoms with Gasteiger partial charge < -0.3 is 10.6 Å². The van der Waals surface area contributed by atoms with Crippen molar-refractivity contribution in [1.29, 1.82) is 0 Å². The minimum Gasteiger partial charge on any atom is -0.355 e. The lowest BCUT2D eigenvalue weighted by Gasteiger charge is -2.34. The maximum atomic E-state index is 12.4. The number of carbonyl (C=O) groups excluding carboxylic acids is 2. The van der Waals surface area contributed by atoms with E-state index in [2.05, 4.69) is 39.8 Å². The molecule has 2 N–H and O–H groups in total. The Morgan fingerprint density at radius 1 is 1.30 bits per heavy atom. The second-order valence-corrected chi connectivity index (χ2v) is 7.02. The number of amides is 2. The van der Waals surface area contributed by atoms with Gasteiger partial charge in [-0.05, 0) is 25.3 Å². The summed E-state index contributed by atoms with van der Waals surface area (Å²) in [5.74, 6) is -0.0160. The summed E-state index contributed by atoms with van der Waals surface area (Å²) in [7, 11) is 0. The molecule has 1 atom stereocenters. The molecular weight excluding hydrogens is 290 g/mol. The van der Waals surface area contributed by atoms with E-state index in [1.807, 2.05) is 13.0 Å². The van der Waals surface area contributed by atoms with Crippen molar-refractivity contribution in [2.75, 3.05) is 19.6 Å². The van der Waals surface area contributed by atoms with Crippen molar-refractivity contribution in [2.45, 2.75) is 38.8 Å². The van der Waals surface area contributed by atoms with Crippen LogP contribution in [0.25, 0.3) is 0 Å². The van der Waals surface area contributed by atoms with Gasteiger partial charge >= 0.3 is 0 Å². The zero-order valence-electron chi connectivity index (χ0n) is 13.7. The first kappa shape index (κ1) is 16.0. The maximum Gasteiger partial charge on any atom is 0.228 e. The quantitative estimate of drug-likeness (QED) is 0.880. The first-order valence-corrected chi connectivity index (χ1v) is 8.39. The van der Waals surface area contributed by atoms with Gasteiger partial charge in [-0.1, -0.05) is 30.3 Å². The van der Waals surface area contributed by atoms with Gasteiger partial charge in [0.15, 0.2) is 0 Å². The fraction of sp³-hybridized carbons (Fsp3) is 0.556.